The minimum atomic E-state index is -1.39. The molecular formula is C35H29Cl2FN2O5. The van der Waals surface area contributed by atoms with Crippen LogP contribution in [0.15, 0.2) is 72.3 Å². The fourth-order valence-corrected chi connectivity index (χ4v) is 8.48. The average molecular weight is 648 g/mol. The lowest BCUT2D eigenvalue weighted by Crippen LogP contribution is -2.48. The second-order valence-electron chi connectivity index (χ2n) is 12.5. The van der Waals surface area contributed by atoms with Gasteiger partial charge in [0.15, 0.2) is 0 Å². The number of fused-ring (bicyclic) bond motifs is 4. The summed E-state index contributed by atoms with van der Waals surface area (Å²) in [7, 11) is 0. The molecule has 2 aliphatic carbocycles. The first-order valence-corrected chi connectivity index (χ1v) is 15.7. The molecule has 4 aliphatic rings. The Morgan fingerprint density at radius 1 is 0.889 bits per heavy atom. The number of carbonyl (C=O) groups is 4. The largest absolute Gasteiger partial charge is 0.508 e. The molecule has 6 atom stereocenters. The number of aryl methyl sites for hydroxylation is 1. The predicted molar refractivity (Wildman–Crippen MR) is 167 cm³/mol. The van der Waals surface area contributed by atoms with E-state index in [1.54, 1.807) is 25.1 Å². The number of amides is 4. The molecule has 0 aromatic heterocycles. The molecule has 10 heteroatoms. The van der Waals surface area contributed by atoms with Crippen LogP contribution in [0.5, 0.6) is 5.75 Å². The number of hydrogen-bond acceptors (Lipinski definition) is 5. The fourth-order valence-electron chi connectivity index (χ4n) is 8.12. The minimum absolute atomic E-state index is 0.108. The fraction of sp³-hybridized carbons (Fsp3) is 0.314. The number of phenols is 1. The van der Waals surface area contributed by atoms with Gasteiger partial charge in [-0.3, -0.25) is 24.1 Å². The van der Waals surface area contributed by atoms with Crippen LogP contribution in [0, 0.1) is 34.9 Å². The van der Waals surface area contributed by atoms with Crippen LogP contribution in [0.4, 0.5) is 15.8 Å². The molecule has 3 aromatic rings. The highest BCUT2D eigenvalue weighted by atomic mass is 35.5. The number of rotatable bonds is 4. The Kier molecular flexibility index (Phi) is 6.95. The van der Waals surface area contributed by atoms with E-state index in [0.29, 0.717) is 16.3 Å². The van der Waals surface area contributed by atoms with Crippen molar-refractivity contribution in [1.82, 2.24) is 0 Å². The van der Waals surface area contributed by atoms with Crippen LogP contribution in [-0.4, -0.2) is 28.7 Å². The Morgan fingerprint density at radius 3 is 2.29 bits per heavy atom. The third-order valence-corrected chi connectivity index (χ3v) is 10.9. The molecule has 0 radical (unpaired) electrons. The van der Waals surface area contributed by atoms with Crippen molar-refractivity contribution in [2.24, 2.45) is 29.1 Å². The molecule has 0 spiro atoms. The number of aromatic hydroxyl groups is 1. The molecule has 1 saturated carbocycles. The van der Waals surface area contributed by atoms with E-state index in [0.717, 1.165) is 28.5 Å². The van der Waals surface area contributed by atoms with Crippen molar-refractivity contribution in [3.05, 3.63) is 99.3 Å². The summed E-state index contributed by atoms with van der Waals surface area (Å²) in [5, 5.41) is 11.2. The molecule has 2 aliphatic heterocycles. The van der Waals surface area contributed by atoms with E-state index in [2.05, 4.69) is 0 Å². The van der Waals surface area contributed by atoms with Crippen molar-refractivity contribution in [3.63, 3.8) is 0 Å². The third kappa shape index (κ3) is 4.22. The molecule has 6 unspecified atom stereocenters. The van der Waals surface area contributed by atoms with Crippen LogP contribution in [0.1, 0.15) is 43.7 Å². The average Bonchev–Trinajstić information content (AvgIpc) is 3.39. The van der Waals surface area contributed by atoms with Gasteiger partial charge in [-0.1, -0.05) is 53.9 Å². The van der Waals surface area contributed by atoms with Gasteiger partial charge in [0.2, 0.25) is 23.6 Å². The number of anilines is 2. The molecule has 2 saturated heterocycles. The second kappa shape index (κ2) is 10.5. The number of allylic oxidation sites excluding steroid dienone is 2. The molecule has 2 heterocycles. The number of carbonyl (C=O) groups excluding carboxylic acids is 4. The van der Waals surface area contributed by atoms with Gasteiger partial charge in [-0.25, -0.2) is 9.29 Å². The smallest absolute Gasteiger partial charge is 0.241 e. The van der Waals surface area contributed by atoms with Crippen LogP contribution < -0.4 is 9.80 Å². The highest BCUT2D eigenvalue weighted by Gasteiger charge is 2.68. The Labute approximate surface area is 269 Å². The number of benzene rings is 3. The summed E-state index contributed by atoms with van der Waals surface area (Å²) in [4.78, 5) is 58.9. The number of halogens is 3. The predicted octanol–water partition coefficient (Wildman–Crippen LogP) is 6.84. The van der Waals surface area contributed by atoms with Crippen LogP contribution >= 0.6 is 23.2 Å². The Morgan fingerprint density at radius 2 is 1.60 bits per heavy atom. The molecule has 4 amide bonds. The molecule has 3 aromatic carbocycles. The normalized spacial score (nSPS) is 29.1. The molecular weight excluding hydrogens is 618 g/mol. The van der Waals surface area contributed by atoms with Gasteiger partial charge in [0, 0.05) is 16.5 Å². The number of imide groups is 2. The van der Waals surface area contributed by atoms with E-state index < -0.39 is 52.6 Å². The van der Waals surface area contributed by atoms with Gasteiger partial charge < -0.3 is 5.11 Å². The second-order valence-corrected chi connectivity index (χ2v) is 13.3. The highest BCUT2D eigenvalue weighted by molar-refractivity contribution is 6.32. The van der Waals surface area contributed by atoms with E-state index in [9.17, 15) is 28.7 Å². The van der Waals surface area contributed by atoms with Gasteiger partial charge in [0.1, 0.15) is 11.6 Å². The van der Waals surface area contributed by atoms with Crippen molar-refractivity contribution in [2.45, 2.75) is 39.0 Å². The molecule has 230 valence electrons. The van der Waals surface area contributed by atoms with Crippen LogP contribution in [-0.2, 0) is 25.6 Å². The molecule has 1 N–H and O–H groups in total. The molecule has 0 bridgehead atoms. The van der Waals surface area contributed by atoms with Gasteiger partial charge in [-0.15, -0.1) is 0 Å². The lowest BCUT2D eigenvalue weighted by molar-refractivity contribution is -0.131. The maximum atomic E-state index is 14.5. The third-order valence-electron chi connectivity index (χ3n) is 10.3. The summed E-state index contributed by atoms with van der Waals surface area (Å²) < 4.78 is 14.1. The maximum Gasteiger partial charge on any atom is 0.241 e. The van der Waals surface area contributed by atoms with E-state index in [-0.39, 0.29) is 41.1 Å². The summed E-state index contributed by atoms with van der Waals surface area (Å²) in [5.41, 5.74) is 1.38. The SMILES string of the molecule is CCc1ccc(N2C(=O)C3CC=C4C(CC5C(=O)N(c6ccc(F)c(Cl)c6)C(=O)C5(C)C4c4cc(Cl)ccc4O)C3C2=O)cc1. The standard InChI is InChI=1S/C35H29Cl2FN2O5/c1-3-17-4-7-19(8-5-17)39-31(42)22-11-10-21-23(29(22)33(39)44)16-25-32(43)40(20-9-12-27(38)26(37)15-20)34(45)35(25,2)30(21)24-14-18(36)6-13-28(24)41/h4-10,12-15,22-23,25,29-30,41H,3,11,16H2,1-2H3. The van der Waals surface area contributed by atoms with Crippen molar-refractivity contribution < 1.29 is 28.7 Å². The topological polar surface area (TPSA) is 95.0 Å². The van der Waals surface area contributed by atoms with Crippen molar-refractivity contribution >= 4 is 58.2 Å². The first-order valence-electron chi connectivity index (χ1n) is 15.0. The zero-order chi connectivity index (χ0) is 31.9. The Hall–Kier alpha value is -4.01. The summed E-state index contributed by atoms with van der Waals surface area (Å²) in [5.74, 6) is -6.18. The number of phenolic OH excluding ortho intramolecular Hbond substituents is 1. The Balaban J connectivity index is 1.36. The molecule has 3 fully saturated rings. The number of nitrogens with zero attached hydrogens (tertiary/aromatic N) is 2. The zero-order valence-corrected chi connectivity index (χ0v) is 26.0. The van der Waals surface area contributed by atoms with Gasteiger partial charge in [-0.05, 0) is 86.2 Å². The summed E-state index contributed by atoms with van der Waals surface area (Å²) in [6.45, 7) is 3.72. The van der Waals surface area contributed by atoms with Gasteiger partial charge in [0.05, 0.1) is 39.6 Å². The summed E-state index contributed by atoms with van der Waals surface area (Å²) in [6, 6.07) is 15.5. The number of hydrogen-bond donors (Lipinski definition) is 1. The monoisotopic (exact) mass is 646 g/mol. The van der Waals surface area contributed by atoms with Crippen LogP contribution in [0.2, 0.25) is 10.0 Å². The van der Waals surface area contributed by atoms with Gasteiger partial charge in [-0.2, -0.15) is 0 Å². The first kappa shape index (κ1) is 29.7. The van der Waals surface area contributed by atoms with Crippen LogP contribution in [0.25, 0.3) is 0 Å². The van der Waals surface area contributed by atoms with Crippen molar-refractivity contribution in [1.29, 1.82) is 0 Å². The molecule has 7 rings (SSSR count). The minimum Gasteiger partial charge on any atom is -0.508 e. The lowest BCUT2D eigenvalue weighted by Gasteiger charge is -2.49. The maximum absolute atomic E-state index is 14.5. The van der Waals surface area contributed by atoms with Crippen molar-refractivity contribution in [2.75, 3.05) is 9.80 Å². The Bertz CT molecular complexity index is 1840. The quantitative estimate of drug-likeness (QED) is 0.247. The van der Waals surface area contributed by atoms with E-state index in [1.807, 2.05) is 25.1 Å². The lowest BCUT2D eigenvalue weighted by atomic mass is 9.51. The zero-order valence-electron chi connectivity index (χ0n) is 24.5. The highest BCUT2D eigenvalue weighted by Crippen LogP contribution is 2.64. The molecule has 45 heavy (non-hydrogen) atoms. The first-order chi connectivity index (χ1) is 21.5. The van der Waals surface area contributed by atoms with Crippen LogP contribution in [0.3, 0.4) is 0 Å². The summed E-state index contributed by atoms with van der Waals surface area (Å²) >= 11 is 12.5. The van der Waals surface area contributed by atoms with Gasteiger partial charge in [0.25, 0.3) is 0 Å². The molecule has 7 nitrogen and oxygen atoms in total. The van der Waals surface area contributed by atoms with E-state index in [4.69, 9.17) is 23.2 Å². The van der Waals surface area contributed by atoms with Crippen molar-refractivity contribution in [3.8, 4) is 5.75 Å². The summed E-state index contributed by atoms with van der Waals surface area (Å²) in [6.07, 6.45) is 3.12. The van der Waals surface area contributed by atoms with E-state index in [1.165, 1.54) is 29.2 Å². The van der Waals surface area contributed by atoms with E-state index >= 15 is 0 Å². The van der Waals surface area contributed by atoms with Gasteiger partial charge >= 0.3 is 0 Å².